The Hall–Kier alpha value is -2.17. The molecule has 2 aromatic rings. The number of carbonyl (C=O) groups excluding carboxylic acids is 1. The van der Waals surface area contributed by atoms with E-state index in [2.05, 4.69) is 37.8 Å². The second kappa shape index (κ2) is 8.68. The quantitative estimate of drug-likeness (QED) is 0.769. The maximum Gasteiger partial charge on any atom is 0.225 e. The van der Waals surface area contributed by atoms with Gasteiger partial charge in [-0.3, -0.25) is 9.78 Å². The highest BCUT2D eigenvalue weighted by molar-refractivity contribution is 5.79. The van der Waals surface area contributed by atoms with Gasteiger partial charge in [0.2, 0.25) is 5.91 Å². The molecule has 1 saturated carbocycles. The topological polar surface area (TPSA) is 51.0 Å². The number of imidazole rings is 1. The van der Waals surface area contributed by atoms with Crippen molar-refractivity contribution in [3.8, 4) is 0 Å². The molecule has 4 rings (SSSR count). The van der Waals surface area contributed by atoms with Gasteiger partial charge in [-0.1, -0.05) is 25.7 Å². The van der Waals surface area contributed by atoms with Crippen molar-refractivity contribution in [2.45, 2.75) is 63.8 Å². The van der Waals surface area contributed by atoms with Crippen molar-refractivity contribution in [1.29, 1.82) is 0 Å². The number of likely N-dealkylation sites (tertiary alicyclic amines) is 1. The van der Waals surface area contributed by atoms with Crippen LogP contribution in [-0.4, -0.2) is 38.4 Å². The first-order valence-corrected chi connectivity index (χ1v) is 10.5. The molecule has 3 heterocycles. The van der Waals surface area contributed by atoms with Crippen LogP contribution in [0.5, 0.6) is 0 Å². The van der Waals surface area contributed by atoms with Gasteiger partial charge in [-0.15, -0.1) is 0 Å². The number of rotatable bonds is 4. The molecular weight excluding hydrogens is 336 g/mol. The molecule has 1 aliphatic heterocycles. The first-order chi connectivity index (χ1) is 13.3. The summed E-state index contributed by atoms with van der Waals surface area (Å²) in [6.45, 7) is 2.59. The Morgan fingerprint density at radius 2 is 1.67 bits per heavy atom. The smallest absolute Gasteiger partial charge is 0.225 e. The number of hydrogen-bond acceptors (Lipinski definition) is 3. The minimum Gasteiger partial charge on any atom is -0.342 e. The molecule has 0 spiro atoms. The summed E-state index contributed by atoms with van der Waals surface area (Å²) < 4.78 is 2.25. The van der Waals surface area contributed by atoms with Gasteiger partial charge in [0.15, 0.2) is 0 Å². The molecule has 0 unspecified atom stereocenters. The fraction of sp³-hybridized carbons (Fsp3) is 0.591. The van der Waals surface area contributed by atoms with Crippen LogP contribution in [-0.2, 0) is 11.3 Å². The van der Waals surface area contributed by atoms with E-state index in [0.29, 0.717) is 11.8 Å². The van der Waals surface area contributed by atoms with Gasteiger partial charge >= 0.3 is 0 Å². The molecule has 5 heteroatoms. The molecule has 0 bridgehead atoms. The van der Waals surface area contributed by atoms with Gasteiger partial charge in [0.25, 0.3) is 0 Å². The molecule has 0 aromatic carbocycles. The molecule has 1 amide bonds. The molecule has 2 aromatic heterocycles. The SMILES string of the molecule is O=C(C1CCCCCC1)N1CCC(c2nccn2Cc2ccncc2)CC1. The molecule has 0 atom stereocenters. The third-order valence-electron chi connectivity index (χ3n) is 6.23. The summed E-state index contributed by atoms with van der Waals surface area (Å²) in [6, 6.07) is 4.11. The maximum absolute atomic E-state index is 12.9. The molecule has 5 nitrogen and oxygen atoms in total. The summed E-state index contributed by atoms with van der Waals surface area (Å²) in [7, 11) is 0. The average molecular weight is 367 g/mol. The highest BCUT2D eigenvalue weighted by Gasteiger charge is 2.30. The minimum atomic E-state index is 0.276. The fourth-order valence-electron chi connectivity index (χ4n) is 4.64. The largest absolute Gasteiger partial charge is 0.342 e. The molecule has 1 aliphatic carbocycles. The summed E-state index contributed by atoms with van der Waals surface area (Å²) in [5.41, 5.74) is 1.24. The number of amides is 1. The lowest BCUT2D eigenvalue weighted by molar-refractivity contribution is -0.137. The minimum absolute atomic E-state index is 0.276. The van der Waals surface area contributed by atoms with E-state index in [9.17, 15) is 4.79 Å². The lowest BCUT2D eigenvalue weighted by atomic mass is 9.93. The number of pyridine rings is 1. The third kappa shape index (κ3) is 4.40. The van der Waals surface area contributed by atoms with Gasteiger partial charge in [-0.05, 0) is 43.4 Å². The Bertz CT molecular complexity index is 726. The van der Waals surface area contributed by atoms with E-state index in [-0.39, 0.29) is 5.92 Å². The van der Waals surface area contributed by atoms with Crippen molar-refractivity contribution in [3.63, 3.8) is 0 Å². The van der Waals surface area contributed by atoms with Gasteiger partial charge in [0, 0.05) is 56.3 Å². The number of nitrogens with zero attached hydrogens (tertiary/aromatic N) is 4. The first-order valence-electron chi connectivity index (χ1n) is 10.5. The van der Waals surface area contributed by atoms with Crippen molar-refractivity contribution in [1.82, 2.24) is 19.4 Å². The number of carbonyl (C=O) groups is 1. The van der Waals surface area contributed by atoms with E-state index >= 15 is 0 Å². The Labute approximate surface area is 161 Å². The predicted molar refractivity (Wildman–Crippen MR) is 105 cm³/mol. The lowest BCUT2D eigenvalue weighted by Crippen LogP contribution is -2.41. The van der Waals surface area contributed by atoms with Crippen LogP contribution in [0.3, 0.4) is 0 Å². The van der Waals surface area contributed by atoms with E-state index < -0.39 is 0 Å². The molecule has 144 valence electrons. The number of piperidine rings is 1. The van der Waals surface area contributed by atoms with E-state index in [1.54, 1.807) is 0 Å². The van der Waals surface area contributed by atoms with E-state index in [1.807, 2.05) is 18.6 Å². The fourth-order valence-corrected chi connectivity index (χ4v) is 4.64. The molecule has 0 radical (unpaired) electrons. The van der Waals surface area contributed by atoms with Crippen molar-refractivity contribution in [2.75, 3.05) is 13.1 Å². The second-order valence-corrected chi connectivity index (χ2v) is 8.06. The summed E-state index contributed by atoms with van der Waals surface area (Å²) >= 11 is 0. The van der Waals surface area contributed by atoms with Gasteiger partial charge in [-0.2, -0.15) is 0 Å². The van der Waals surface area contributed by atoms with Gasteiger partial charge in [-0.25, -0.2) is 4.98 Å². The van der Waals surface area contributed by atoms with Crippen LogP contribution in [0.15, 0.2) is 36.9 Å². The van der Waals surface area contributed by atoms with Gasteiger partial charge in [0.1, 0.15) is 5.82 Å². The average Bonchev–Trinajstić information content (AvgIpc) is 3.00. The molecule has 2 aliphatic rings. The van der Waals surface area contributed by atoms with Crippen LogP contribution in [0.4, 0.5) is 0 Å². The highest BCUT2D eigenvalue weighted by atomic mass is 16.2. The maximum atomic E-state index is 12.9. The van der Waals surface area contributed by atoms with Crippen molar-refractivity contribution >= 4 is 5.91 Å². The zero-order valence-corrected chi connectivity index (χ0v) is 16.1. The van der Waals surface area contributed by atoms with Crippen molar-refractivity contribution < 1.29 is 4.79 Å². The summed E-state index contributed by atoms with van der Waals surface area (Å²) in [5.74, 6) is 2.29. The van der Waals surface area contributed by atoms with Crippen LogP contribution < -0.4 is 0 Å². The Morgan fingerprint density at radius 1 is 0.963 bits per heavy atom. The molecule has 27 heavy (non-hydrogen) atoms. The van der Waals surface area contributed by atoms with E-state index in [0.717, 1.165) is 51.1 Å². The predicted octanol–water partition coefficient (Wildman–Crippen LogP) is 4.00. The zero-order chi connectivity index (χ0) is 18.5. The van der Waals surface area contributed by atoms with Crippen molar-refractivity contribution in [3.05, 3.63) is 48.3 Å². The monoisotopic (exact) mass is 366 g/mol. The summed E-state index contributed by atoms with van der Waals surface area (Å²) in [6.07, 6.45) is 16.9. The molecule has 1 saturated heterocycles. The second-order valence-electron chi connectivity index (χ2n) is 8.06. The third-order valence-corrected chi connectivity index (χ3v) is 6.23. The van der Waals surface area contributed by atoms with E-state index in [1.165, 1.54) is 31.2 Å². The molecule has 2 fully saturated rings. The van der Waals surface area contributed by atoms with Crippen LogP contribution in [0.25, 0.3) is 0 Å². The Morgan fingerprint density at radius 3 is 2.37 bits per heavy atom. The standard InChI is InChI=1S/C22H30N4O/c27-22(20-5-3-1-2-4-6-20)25-14-9-19(10-15-25)21-24-13-16-26(21)17-18-7-11-23-12-8-18/h7-8,11-13,16,19-20H,1-6,9-10,14-15,17H2. The first kappa shape index (κ1) is 18.2. The molecule has 0 N–H and O–H groups in total. The number of aromatic nitrogens is 3. The zero-order valence-electron chi connectivity index (χ0n) is 16.1. The Balaban J connectivity index is 1.35. The van der Waals surface area contributed by atoms with Crippen LogP contribution >= 0.6 is 0 Å². The number of hydrogen-bond donors (Lipinski definition) is 0. The summed E-state index contributed by atoms with van der Waals surface area (Å²) in [5, 5.41) is 0. The van der Waals surface area contributed by atoms with Crippen LogP contribution in [0.2, 0.25) is 0 Å². The highest BCUT2D eigenvalue weighted by Crippen LogP contribution is 2.30. The van der Waals surface area contributed by atoms with Gasteiger partial charge in [0.05, 0.1) is 0 Å². The normalized spacial score (nSPS) is 19.8. The Kier molecular flexibility index (Phi) is 5.85. The summed E-state index contributed by atoms with van der Waals surface area (Å²) in [4.78, 5) is 23.8. The van der Waals surface area contributed by atoms with E-state index in [4.69, 9.17) is 0 Å². The van der Waals surface area contributed by atoms with Crippen molar-refractivity contribution in [2.24, 2.45) is 5.92 Å². The molecular formula is C22H30N4O. The van der Waals surface area contributed by atoms with Crippen LogP contribution in [0.1, 0.15) is 68.7 Å². The lowest BCUT2D eigenvalue weighted by Gasteiger charge is -2.34. The van der Waals surface area contributed by atoms with Crippen LogP contribution in [0, 0.1) is 5.92 Å². The van der Waals surface area contributed by atoms with Gasteiger partial charge < -0.3 is 9.47 Å².